The van der Waals surface area contributed by atoms with Crippen LogP contribution >= 0.6 is 0 Å². The van der Waals surface area contributed by atoms with Crippen molar-refractivity contribution in [2.45, 2.75) is 13.1 Å². The second-order valence-corrected chi connectivity index (χ2v) is 4.10. The van der Waals surface area contributed by atoms with Crippen LogP contribution in [0.1, 0.15) is 23.0 Å². The van der Waals surface area contributed by atoms with Gasteiger partial charge in [0.2, 0.25) is 5.88 Å². The van der Waals surface area contributed by atoms with Gasteiger partial charge in [-0.15, -0.1) is 10.2 Å². The van der Waals surface area contributed by atoms with Crippen LogP contribution in [0.3, 0.4) is 0 Å². The van der Waals surface area contributed by atoms with Crippen LogP contribution in [0, 0.1) is 0 Å². The lowest BCUT2D eigenvalue weighted by Crippen LogP contribution is -2.08. The standard InChI is InChI=1S/C14H11F3N2O3/c1-2-21-13(20)11-6-7-12(19-18-11)22-10-5-3-4-9(8-10)14(15,16)17/h3-8H,2H2,1H3. The minimum atomic E-state index is -4.46. The van der Waals surface area contributed by atoms with Crippen LogP contribution in [-0.4, -0.2) is 22.8 Å². The second kappa shape index (κ2) is 6.42. The summed E-state index contributed by atoms with van der Waals surface area (Å²) in [5, 5.41) is 7.21. The van der Waals surface area contributed by atoms with Crippen LogP contribution in [0.15, 0.2) is 36.4 Å². The van der Waals surface area contributed by atoms with E-state index in [1.165, 1.54) is 24.3 Å². The highest BCUT2D eigenvalue weighted by molar-refractivity contribution is 5.86. The van der Waals surface area contributed by atoms with E-state index in [-0.39, 0.29) is 23.9 Å². The van der Waals surface area contributed by atoms with Crippen molar-refractivity contribution in [2.75, 3.05) is 6.61 Å². The highest BCUT2D eigenvalue weighted by atomic mass is 19.4. The first-order chi connectivity index (χ1) is 10.4. The zero-order chi connectivity index (χ0) is 16.2. The third kappa shape index (κ3) is 3.94. The molecule has 5 nitrogen and oxygen atoms in total. The van der Waals surface area contributed by atoms with Gasteiger partial charge in [0.05, 0.1) is 12.2 Å². The summed E-state index contributed by atoms with van der Waals surface area (Å²) in [5.41, 5.74) is -0.848. The molecule has 1 heterocycles. The lowest BCUT2D eigenvalue weighted by molar-refractivity contribution is -0.137. The molecule has 0 N–H and O–H groups in total. The number of nitrogens with zero attached hydrogens (tertiary/aromatic N) is 2. The molecule has 0 aliphatic carbocycles. The van der Waals surface area contributed by atoms with Gasteiger partial charge in [0, 0.05) is 6.07 Å². The molecule has 0 fully saturated rings. The summed E-state index contributed by atoms with van der Waals surface area (Å²) < 4.78 is 47.7. The van der Waals surface area contributed by atoms with Crippen molar-refractivity contribution >= 4 is 5.97 Å². The van der Waals surface area contributed by atoms with Crippen LogP contribution in [0.25, 0.3) is 0 Å². The Morgan fingerprint density at radius 2 is 1.95 bits per heavy atom. The minimum Gasteiger partial charge on any atom is -0.461 e. The molecule has 0 aliphatic rings. The summed E-state index contributed by atoms with van der Waals surface area (Å²) >= 11 is 0. The molecule has 0 saturated carbocycles. The monoisotopic (exact) mass is 312 g/mol. The van der Waals surface area contributed by atoms with Crippen LogP contribution in [-0.2, 0) is 10.9 Å². The van der Waals surface area contributed by atoms with Gasteiger partial charge in [-0.25, -0.2) is 4.79 Å². The van der Waals surface area contributed by atoms with Crippen molar-refractivity contribution in [3.8, 4) is 11.6 Å². The third-order valence-electron chi connectivity index (χ3n) is 2.51. The molecule has 0 saturated heterocycles. The Morgan fingerprint density at radius 1 is 1.18 bits per heavy atom. The highest BCUT2D eigenvalue weighted by Gasteiger charge is 2.30. The fourth-order valence-electron chi connectivity index (χ4n) is 1.55. The summed E-state index contributed by atoms with van der Waals surface area (Å²) in [6, 6.07) is 6.99. The van der Waals surface area contributed by atoms with Crippen LogP contribution in [0.2, 0.25) is 0 Å². The predicted molar refractivity (Wildman–Crippen MR) is 69.5 cm³/mol. The molecule has 1 aromatic carbocycles. The lowest BCUT2D eigenvalue weighted by Gasteiger charge is -2.09. The molecule has 2 rings (SSSR count). The molecule has 22 heavy (non-hydrogen) atoms. The summed E-state index contributed by atoms with van der Waals surface area (Å²) in [4.78, 5) is 11.4. The maximum absolute atomic E-state index is 12.6. The number of carbonyl (C=O) groups excluding carboxylic acids is 1. The number of rotatable bonds is 4. The molecule has 1 aromatic heterocycles. The van der Waals surface area contributed by atoms with Gasteiger partial charge in [0.15, 0.2) is 5.69 Å². The predicted octanol–water partition coefficient (Wildman–Crippen LogP) is 3.46. The maximum Gasteiger partial charge on any atom is 0.416 e. The van der Waals surface area contributed by atoms with Gasteiger partial charge in [0.1, 0.15) is 5.75 Å². The molecule has 0 radical (unpaired) electrons. The van der Waals surface area contributed by atoms with Crippen molar-refractivity contribution in [2.24, 2.45) is 0 Å². The number of alkyl halides is 3. The van der Waals surface area contributed by atoms with E-state index >= 15 is 0 Å². The molecular formula is C14H11F3N2O3. The molecular weight excluding hydrogens is 301 g/mol. The van der Waals surface area contributed by atoms with Gasteiger partial charge in [-0.2, -0.15) is 13.2 Å². The van der Waals surface area contributed by atoms with Gasteiger partial charge in [-0.1, -0.05) is 6.07 Å². The number of aromatic nitrogens is 2. The van der Waals surface area contributed by atoms with Gasteiger partial charge < -0.3 is 9.47 Å². The first-order valence-corrected chi connectivity index (χ1v) is 6.26. The topological polar surface area (TPSA) is 61.3 Å². The lowest BCUT2D eigenvalue weighted by atomic mass is 10.2. The smallest absolute Gasteiger partial charge is 0.416 e. The number of benzene rings is 1. The van der Waals surface area contributed by atoms with E-state index in [2.05, 4.69) is 10.2 Å². The van der Waals surface area contributed by atoms with Crippen molar-refractivity contribution in [1.29, 1.82) is 0 Å². The zero-order valence-corrected chi connectivity index (χ0v) is 11.4. The first kappa shape index (κ1) is 15.7. The summed E-state index contributed by atoms with van der Waals surface area (Å²) in [7, 11) is 0. The Labute approximate surface area is 123 Å². The zero-order valence-electron chi connectivity index (χ0n) is 11.4. The minimum absolute atomic E-state index is 0.0155. The molecule has 0 spiro atoms. The Bertz CT molecular complexity index is 657. The van der Waals surface area contributed by atoms with Crippen LogP contribution in [0.5, 0.6) is 11.6 Å². The fourth-order valence-corrected chi connectivity index (χ4v) is 1.55. The van der Waals surface area contributed by atoms with Gasteiger partial charge in [-0.05, 0) is 31.2 Å². The highest BCUT2D eigenvalue weighted by Crippen LogP contribution is 2.32. The SMILES string of the molecule is CCOC(=O)c1ccc(Oc2cccc(C(F)(F)F)c2)nn1. The van der Waals surface area contributed by atoms with Crippen LogP contribution in [0.4, 0.5) is 13.2 Å². The Kier molecular flexibility index (Phi) is 4.59. The summed E-state index contributed by atoms with van der Waals surface area (Å²) in [6.07, 6.45) is -4.46. The van der Waals surface area contributed by atoms with E-state index in [1.807, 2.05) is 0 Å². The molecule has 0 atom stereocenters. The third-order valence-corrected chi connectivity index (χ3v) is 2.51. The molecule has 0 aliphatic heterocycles. The number of esters is 1. The Morgan fingerprint density at radius 3 is 2.55 bits per heavy atom. The molecule has 116 valence electrons. The van der Waals surface area contributed by atoms with Gasteiger partial charge >= 0.3 is 12.1 Å². The van der Waals surface area contributed by atoms with E-state index in [1.54, 1.807) is 6.92 Å². The van der Waals surface area contributed by atoms with E-state index in [9.17, 15) is 18.0 Å². The molecule has 8 heteroatoms. The van der Waals surface area contributed by atoms with E-state index in [4.69, 9.17) is 9.47 Å². The van der Waals surface area contributed by atoms with Crippen molar-refractivity contribution in [3.05, 3.63) is 47.7 Å². The normalized spacial score (nSPS) is 11.1. The van der Waals surface area contributed by atoms with E-state index in [0.717, 1.165) is 12.1 Å². The van der Waals surface area contributed by atoms with Gasteiger partial charge in [-0.3, -0.25) is 0 Å². The molecule has 0 bridgehead atoms. The van der Waals surface area contributed by atoms with Gasteiger partial charge in [0.25, 0.3) is 0 Å². The fraction of sp³-hybridized carbons (Fsp3) is 0.214. The van der Waals surface area contributed by atoms with E-state index < -0.39 is 17.7 Å². The van der Waals surface area contributed by atoms with Crippen molar-refractivity contribution < 1.29 is 27.4 Å². The Hall–Kier alpha value is -2.64. The first-order valence-electron chi connectivity index (χ1n) is 6.26. The molecule has 0 unspecified atom stereocenters. The molecule has 2 aromatic rings. The van der Waals surface area contributed by atoms with E-state index in [0.29, 0.717) is 0 Å². The average molecular weight is 312 g/mol. The average Bonchev–Trinajstić information content (AvgIpc) is 2.48. The molecule has 0 amide bonds. The van der Waals surface area contributed by atoms with Crippen molar-refractivity contribution in [3.63, 3.8) is 0 Å². The quantitative estimate of drug-likeness (QED) is 0.809. The summed E-state index contributed by atoms with van der Waals surface area (Å²) in [6.45, 7) is 1.85. The number of carbonyl (C=O) groups is 1. The number of hydrogen-bond donors (Lipinski definition) is 0. The number of hydrogen-bond acceptors (Lipinski definition) is 5. The van der Waals surface area contributed by atoms with Crippen LogP contribution < -0.4 is 4.74 Å². The largest absolute Gasteiger partial charge is 0.461 e. The number of ether oxygens (including phenoxy) is 2. The second-order valence-electron chi connectivity index (χ2n) is 4.10. The van der Waals surface area contributed by atoms with Crippen molar-refractivity contribution in [1.82, 2.24) is 10.2 Å². The Balaban J connectivity index is 2.13. The maximum atomic E-state index is 12.6. The summed E-state index contributed by atoms with van der Waals surface area (Å²) in [5.74, 6) is -0.707. The number of halogens is 3.